The van der Waals surface area contributed by atoms with Crippen molar-refractivity contribution in [1.82, 2.24) is 4.98 Å². The number of nitrogens with one attached hydrogen (secondary N) is 1. The molecule has 0 spiro atoms. The number of hydrogen-bond donors (Lipinski definition) is 1. The Kier molecular flexibility index (Phi) is 5.64. The van der Waals surface area contributed by atoms with Crippen LogP contribution in [-0.4, -0.2) is 20.0 Å². The summed E-state index contributed by atoms with van der Waals surface area (Å²) in [5.74, 6) is 0.310. The fourth-order valence-electron chi connectivity index (χ4n) is 2.45. The highest BCUT2D eigenvalue weighted by molar-refractivity contribution is 9.10. The molecule has 0 aliphatic carbocycles. The van der Waals surface area contributed by atoms with E-state index >= 15 is 0 Å². The predicted molar refractivity (Wildman–Crippen MR) is 108 cm³/mol. The second-order valence-corrected chi connectivity index (χ2v) is 9.06. The van der Waals surface area contributed by atoms with Crippen LogP contribution in [0.1, 0.15) is 11.9 Å². The molecule has 1 aromatic heterocycles. The van der Waals surface area contributed by atoms with E-state index in [0.717, 1.165) is 16.3 Å². The maximum Gasteiger partial charge on any atom is 0.265 e. The van der Waals surface area contributed by atoms with Gasteiger partial charge in [-0.05, 0) is 38.1 Å². The van der Waals surface area contributed by atoms with Crippen molar-refractivity contribution in [3.8, 4) is 17.0 Å². The van der Waals surface area contributed by atoms with Gasteiger partial charge in [-0.1, -0.05) is 34.1 Å². The lowest BCUT2D eigenvalue weighted by Crippen LogP contribution is -2.15. The quantitative estimate of drug-likeness (QED) is 0.565. The average molecular weight is 453 g/mol. The third-order valence-corrected chi connectivity index (χ3v) is 6.21. The zero-order valence-corrected chi connectivity index (χ0v) is 17.4. The number of hydrogen-bond acceptors (Lipinski definition) is 5. The Hall–Kier alpha value is -1.90. The minimum Gasteiger partial charge on any atom is -0.492 e. The van der Waals surface area contributed by atoms with Crippen LogP contribution in [0.4, 0.5) is 5.69 Å². The molecule has 0 aliphatic rings. The first-order valence-electron chi connectivity index (χ1n) is 7.87. The number of rotatable bonds is 6. The van der Waals surface area contributed by atoms with Crippen LogP contribution >= 0.6 is 27.3 Å². The smallest absolute Gasteiger partial charge is 0.265 e. The molecule has 5 nitrogen and oxygen atoms in total. The van der Waals surface area contributed by atoms with Gasteiger partial charge >= 0.3 is 0 Å². The van der Waals surface area contributed by atoms with Crippen molar-refractivity contribution in [2.45, 2.75) is 18.7 Å². The molecule has 0 radical (unpaired) electrons. The third-order valence-electron chi connectivity index (χ3n) is 3.56. The lowest BCUT2D eigenvalue weighted by atomic mass is 10.1. The Bertz CT molecular complexity index is 1030. The largest absolute Gasteiger partial charge is 0.492 e. The van der Waals surface area contributed by atoms with Gasteiger partial charge in [-0.25, -0.2) is 13.4 Å². The van der Waals surface area contributed by atoms with Crippen molar-refractivity contribution >= 4 is 43.0 Å². The van der Waals surface area contributed by atoms with Gasteiger partial charge < -0.3 is 4.74 Å². The number of aryl methyl sites for hydroxylation is 1. The molecular weight excluding hydrogens is 436 g/mol. The number of para-hydroxylation sites is 1. The van der Waals surface area contributed by atoms with Gasteiger partial charge in [-0.15, -0.1) is 11.3 Å². The number of anilines is 1. The highest BCUT2D eigenvalue weighted by atomic mass is 79.9. The van der Waals surface area contributed by atoms with E-state index in [1.165, 1.54) is 17.4 Å². The molecule has 0 unspecified atom stereocenters. The number of nitrogens with zero attached hydrogens (tertiary/aromatic N) is 1. The molecule has 3 aromatic rings. The van der Waals surface area contributed by atoms with Crippen molar-refractivity contribution < 1.29 is 13.2 Å². The van der Waals surface area contributed by atoms with Crippen LogP contribution in [0.2, 0.25) is 0 Å². The molecule has 0 aliphatic heterocycles. The van der Waals surface area contributed by atoms with E-state index < -0.39 is 10.0 Å². The Morgan fingerprint density at radius 2 is 2.00 bits per heavy atom. The van der Waals surface area contributed by atoms with Gasteiger partial charge in [-0.3, -0.25) is 4.72 Å². The monoisotopic (exact) mass is 452 g/mol. The topological polar surface area (TPSA) is 68.3 Å². The molecule has 26 heavy (non-hydrogen) atoms. The summed E-state index contributed by atoms with van der Waals surface area (Å²) < 4.78 is 34.8. The highest BCUT2D eigenvalue weighted by Gasteiger charge is 2.22. The molecule has 136 valence electrons. The zero-order chi connectivity index (χ0) is 18.7. The van der Waals surface area contributed by atoms with Crippen LogP contribution in [0.15, 0.2) is 57.2 Å². The summed E-state index contributed by atoms with van der Waals surface area (Å²) in [6.07, 6.45) is 0. The first kappa shape index (κ1) is 18.9. The maximum atomic E-state index is 13.0. The molecule has 3 rings (SSSR count). The van der Waals surface area contributed by atoms with E-state index in [4.69, 9.17) is 4.74 Å². The normalized spacial score (nSPS) is 11.3. The summed E-state index contributed by atoms with van der Waals surface area (Å²) in [6, 6.07) is 12.1. The van der Waals surface area contributed by atoms with Gasteiger partial charge in [-0.2, -0.15) is 0 Å². The predicted octanol–water partition coefficient (Wildman–Crippen LogP) is 5.08. The third kappa shape index (κ3) is 4.08. The summed E-state index contributed by atoms with van der Waals surface area (Å²) in [7, 11) is -3.84. The second-order valence-electron chi connectivity index (χ2n) is 5.43. The van der Waals surface area contributed by atoms with Gasteiger partial charge in [0.15, 0.2) is 0 Å². The van der Waals surface area contributed by atoms with Gasteiger partial charge in [0.1, 0.15) is 10.6 Å². The van der Waals surface area contributed by atoms with Crippen LogP contribution in [-0.2, 0) is 10.0 Å². The maximum absolute atomic E-state index is 13.0. The number of halogens is 1. The van der Waals surface area contributed by atoms with Gasteiger partial charge in [0.05, 0.1) is 23.0 Å². The van der Waals surface area contributed by atoms with Crippen molar-refractivity contribution in [2.24, 2.45) is 0 Å². The van der Waals surface area contributed by atoms with E-state index in [2.05, 4.69) is 25.6 Å². The zero-order valence-electron chi connectivity index (χ0n) is 14.2. The van der Waals surface area contributed by atoms with Crippen molar-refractivity contribution in [3.63, 3.8) is 0 Å². The molecule has 1 heterocycles. The summed E-state index contributed by atoms with van der Waals surface area (Å²) in [4.78, 5) is 4.54. The van der Waals surface area contributed by atoms with E-state index in [1.807, 2.05) is 31.4 Å². The molecule has 0 fully saturated rings. The van der Waals surface area contributed by atoms with Crippen LogP contribution in [0.25, 0.3) is 11.3 Å². The molecule has 0 atom stereocenters. The fourth-order valence-corrected chi connectivity index (χ4v) is 4.83. The van der Waals surface area contributed by atoms with Crippen molar-refractivity contribution in [3.05, 3.63) is 57.3 Å². The first-order valence-corrected chi connectivity index (χ1v) is 11.0. The van der Waals surface area contributed by atoms with Gasteiger partial charge in [0.2, 0.25) is 0 Å². The lowest BCUT2D eigenvalue weighted by molar-refractivity contribution is 0.331. The molecule has 0 saturated carbocycles. The van der Waals surface area contributed by atoms with E-state index in [-0.39, 0.29) is 4.90 Å². The van der Waals surface area contributed by atoms with Crippen LogP contribution < -0.4 is 9.46 Å². The number of ether oxygens (including phenoxy) is 1. The van der Waals surface area contributed by atoms with Crippen LogP contribution in [0.3, 0.4) is 0 Å². The Morgan fingerprint density at radius 1 is 1.23 bits per heavy atom. The summed E-state index contributed by atoms with van der Waals surface area (Å²) in [6.45, 7) is 4.10. The minimum atomic E-state index is -3.84. The Morgan fingerprint density at radius 3 is 2.69 bits per heavy atom. The van der Waals surface area contributed by atoms with Crippen LogP contribution in [0.5, 0.6) is 5.75 Å². The molecule has 8 heteroatoms. The highest BCUT2D eigenvalue weighted by Crippen LogP contribution is 2.33. The number of sulfonamides is 1. The van der Waals surface area contributed by atoms with Gasteiger partial charge in [0.25, 0.3) is 10.0 Å². The molecular formula is C18H17BrN2O3S2. The molecule has 2 aromatic carbocycles. The van der Waals surface area contributed by atoms with E-state index in [0.29, 0.717) is 22.5 Å². The Balaban J connectivity index is 2.03. The average Bonchev–Trinajstić information content (AvgIpc) is 3.03. The number of aromatic nitrogens is 1. The van der Waals surface area contributed by atoms with Crippen LogP contribution in [0, 0.1) is 6.92 Å². The van der Waals surface area contributed by atoms with Crippen molar-refractivity contribution in [1.29, 1.82) is 0 Å². The second kappa shape index (κ2) is 7.77. The Labute approximate surface area is 165 Å². The first-order chi connectivity index (χ1) is 12.4. The lowest BCUT2D eigenvalue weighted by Gasteiger charge is -2.15. The summed E-state index contributed by atoms with van der Waals surface area (Å²) in [5, 5.41) is 2.83. The molecule has 0 saturated heterocycles. The molecule has 1 N–H and O–H groups in total. The van der Waals surface area contributed by atoms with E-state index in [1.54, 1.807) is 24.3 Å². The standard InChI is InChI=1S/C18H17BrN2O3S2/c1-3-24-17-9-8-13(19)10-18(17)26(22,23)21-15-7-5-4-6-14(15)16-11-25-12(2)20-16/h4-11,21H,3H2,1-2H3. The van der Waals surface area contributed by atoms with Gasteiger partial charge in [0, 0.05) is 15.4 Å². The molecule has 0 amide bonds. The number of benzene rings is 2. The SMILES string of the molecule is CCOc1ccc(Br)cc1S(=O)(=O)Nc1ccccc1-c1csc(C)n1. The number of thiazole rings is 1. The van der Waals surface area contributed by atoms with Crippen molar-refractivity contribution in [2.75, 3.05) is 11.3 Å². The molecule has 0 bridgehead atoms. The summed E-state index contributed by atoms with van der Waals surface area (Å²) in [5.41, 5.74) is 1.94. The minimum absolute atomic E-state index is 0.0815. The van der Waals surface area contributed by atoms with E-state index in [9.17, 15) is 8.42 Å². The fraction of sp³-hybridized carbons (Fsp3) is 0.167. The summed E-state index contributed by atoms with van der Waals surface area (Å²) >= 11 is 4.84.